The Morgan fingerprint density at radius 2 is 2.04 bits per heavy atom. The van der Waals surface area contributed by atoms with Gasteiger partial charge in [-0.2, -0.15) is 13.2 Å². The summed E-state index contributed by atoms with van der Waals surface area (Å²) in [7, 11) is 0. The van der Waals surface area contributed by atoms with E-state index in [1.165, 1.54) is 6.92 Å². The zero-order valence-corrected chi connectivity index (χ0v) is 12.3. The van der Waals surface area contributed by atoms with Crippen LogP contribution in [0.5, 0.6) is 5.75 Å². The van der Waals surface area contributed by atoms with Crippen molar-refractivity contribution in [3.8, 4) is 5.75 Å². The molecule has 0 bridgehead atoms. The molecule has 0 aromatic heterocycles. The van der Waals surface area contributed by atoms with Gasteiger partial charge in [0, 0.05) is 12.1 Å². The smallest absolute Gasteiger partial charge is 0.422 e. The maximum Gasteiger partial charge on any atom is 0.422 e. The summed E-state index contributed by atoms with van der Waals surface area (Å²) in [5.41, 5.74) is -1.17. The summed E-state index contributed by atoms with van der Waals surface area (Å²) in [6.45, 7) is -0.261. The maximum atomic E-state index is 12.1. The predicted octanol–water partition coefficient (Wildman–Crippen LogP) is 2.13. The Morgan fingerprint density at radius 1 is 1.42 bits per heavy atom. The van der Waals surface area contributed by atoms with Gasteiger partial charge < -0.3 is 15.2 Å². The van der Waals surface area contributed by atoms with Crippen LogP contribution in [0.2, 0.25) is 0 Å². The first kappa shape index (κ1) is 19.2. The first-order chi connectivity index (χ1) is 11.0. The van der Waals surface area contributed by atoms with E-state index in [9.17, 15) is 32.9 Å². The molecule has 0 aliphatic rings. The van der Waals surface area contributed by atoms with Crippen LogP contribution in [-0.2, 0) is 4.79 Å². The summed E-state index contributed by atoms with van der Waals surface area (Å²) in [6.07, 6.45) is -5.04. The fourth-order valence-electron chi connectivity index (χ4n) is 1.73. The summed E-state index contributed by atoms with van der Waals surface area (Å²) >= 11 is 0. The van der Waals surface area contributed by atoms with E-state index < -0.39 is 53.3 Å². The lowest BCUT2D eigenvalue weighted by Gasteiger charge is -2.13. The van der Waals surface area contributed by atoms with Crippen molar-refractivity contribution in [3.05, 3.63) is 33.9 Å². The Labute approximate surface area is 133 Å². The molecule has 0 radical (unpaired) electrons. The normalized spacial score (nSPS) is 12.3. The Bertz CT molecular complexity index is 647. The molecule has 2 N–H and O–H groups in total. The Balaban J connectivity index is 3.01. The van der Waals surface area contributed by atoms with Crippen molar-refractivity contribution < 1.29 is 37.5 Å². The summed E-state index contributed by atoms with van der Waals surface area (Å²) < 4.78 is 40.8. The fourth-order valence-corrected chi connectivity index (χ4v) is 1.73. The van der Waals surface area contributed by atoms with E-state index in [-0.39, 0.29) is 5.75 Å². The molecular weight excluding hydrogens is 337 g/mol. The molecule has 0 heterocycles. The number of halogens is 3. The molecule has 11 heteroatoms. The number of benzene rings is 1. The highest BCUT2D eigenvalue weighted by atomic mass is 19.4. The standard InChI is InChI=1S/C13H13F3N2O6/c1-7(4-11(19)20)17-12(21)9-5-8(24-6-13(14,15)16)2-3-10(9)18(22)23/h2-3,5,7H,4,6H2,1H3,(H,17,21)(H,19,20). The molecule has 1 aromatic rings. The lowest BCUT2D eigenvalue weighted by molar-refractivity contribution is -0.385. The van der Waals surface area contributed by atoms with Crippen LogP contribution in [0.4, 0.5) is 18.9 Å². The number of nitrogens with one attached hydrogen (secondary N) is 1. The van der Waals surface area contributed by atoms with Crippen LogP contribution in [0.15, 0.2) is 18.2 Å². The minimum atomic E-state index is -4.61. The monoisotopic (exact) mass is 350 g/mol. The molecule has 1 rings (SSSR count). The molecule has 0 aliphatic heterocycles. The molecule has 1 unspecified atom stereocenters. The molecule has 1 amide bonds. The van der Waals surface area contributed by atoms with Gasteiger partial charge in [0.15, 0.2) is 6.61 Å². The zero-order valence-electron chi connectivity index (χ0n) is 12.3. The number of carboxylic acids is 1. The number of rotatable bonds is 7. The fraction of sp³-hybridized carbons (Fsp3) is 0.385. The number of ether oxygens (including phenoxy) is 1. The molecular formula is C13H13F3N2O6. The number of aliphatic carboxylic acids is 1. The van der Waals surface area contributed by atoms with Crippen LogP contribution in [0.3, 0.4) is 0 Å². The third kappa shape index (κ3) is 6.10. The second kappa shape index (κ2) is 7.62. The molecule has 1 atom stereocenters. The highest BCUT2D eigenvalue weighted by molar-refractivity contribution is 5.98. The van der Waals surface area contributed by atoms with Gasteiger partial charge in [0.1, 0.15) is 11.3 Å². The highest BCUT2D eigenvalue weighted by Gasteiger charge is 2.29. The molecule has 132 valence electrons. The van der Waals surface area contributed by atoms with Gasteiger partial charge in [0.05, 0.1) is 11.3 Å². The number of carbonyl (C=O) groups is 2. The van der Waals surface area contributed by atoms with E-state index >= 15 is 0 Å². The van der Waals surface area contributed by atoms with Gasteiger partial charge in [0.25, 0.3) is 11.6 Å². The topological polar surface area (TPSA) is 119 Å². The molecule has 0 saturated carbocycles. The first-order valence-corrected chi connectivity index (χ1v) is 6.50. The molecule has 0 fully saturated rings. The number of carbonyl (C=O) groups excluding carboxylic acids is 1. The molecule has 8 nitrogen and oxygen atoms in total. The van der Waals surface area contributed by atoms with Crippen molar-refractivity contribution >= 4 is 17.6 Å². The van der Waals surface area contributed by atoms with Gasteiger partial charge in [-0.1, -0.05) is 0 Å². The molecule has 0 spiro atoms. The van der Waals surface area contributed by atoms with E-state index in [0.29, 0.717) is 0 Å². The summed E-state index contributed by atoms with van der Waals surface area (Å²) in [5, 5.41) is 21.8. The van der Waals surface area contributed by atoms with E-state index in [4.69, 9.17) is 5.11 Å². The van der Waals surface area contributed by atoms with Gasteiger partial charge in [0.2, 0.25) is 0 Å². The number of hydrogen-bond acceptors (Lipinski definition) is 5. The maximum absolute atomic E-state index is 12.1. The first-order valence-electron chi connectivity index (χ1n) is 6.50. The Hall–Kier alpha value is -2.85. The van der Waals surface area contributed by atoms with Crippen molar-refractivity contribution in [1.82, 2.24) is 5.32 Å². The minimum Gasteiger partial charge on any atom is -0.484 e. The summed E-state index contributed by atoms with van der Waals surface area (Å²) in [5.74, 6) is -2.57. The van der Waals surface area contributed by atoms with Gasteiger partial charge in [-0.25, -0.2) is 0 Å². The number of amides is 1. The van der Waals surface area contributed by atoms with Crippen LogP contribution >= 0.6 is 0 Å². The van der Waals surface area contributed by atoms with E-state index in [1.807, 2.05) is 0 Å². The van der Waals surface area contributed by atoms with E-state index in [2.05, 4.69) is 10.1 Å². The van der Waals surface area contributed by atoms with Crippen molar-refractivity contribution in [2.75, 3.05) is 6.61 Å². The molecule has 24 heavy (non-hydrogen) atoms. The number of hydrogen-bond donors (Lipinski definition) is 2. The second-order valence-electron chi connectivity index (χ2n) is 4.81. The second-order valence-corrected chi connectivity index (χ2v) is 4.81. The average molecular weight is 350 g/mol. The van der Waals surface area contributed by atoms with E-state index in [1.54, 1.807) is 0 Å². The Morgan fingerprint density at radius 3 is 2.54 bits per heavy atom. The lowest BCUT2D eigenvalue weighted by atomic mass is 10.1. The van der Waals surface area contributed by atoms with Crippen molar-refractivity contribution in [1.29, 1.82) is 0 Å². The zero-order chi connectivity index (χ0) is 18.5. The van der Waals surface area contributed by atoms with Gasteiger partial charge in [-0.3, -0.25) is 19.7 Å². The largest absolute Gasteiger partial charge is 0.484 e. The lowest BCUT2D eigenvalue weighted by Crippen LogP contribution is -2.34. The third-order valence-electron chi connectivity index (χ3n) is 2.67. The predicted molar refractivity (Wildman–Crippen MR) is 73.8 cm³/mol. The van der Waals surface area contributed by atoms with Gasteiger partial charge in [-0.15, -0.1) is 0 Å². The summed E-state index contributed by atoms with van der Waals surface area (Å²) in [4.78, 5) is 32.6. The third-order valence-corrected chi connectivity index (χ3v) is 2.67. The highest BCUT2D eigenvalue weighted by Crippen LogP contribution is 2.26. The molecule has 0 aliphatic carbocycles. The van der Waals surface area contributed by atoms with Crippen LogP contribution < -0.4 is 10.1 Å². The summed E-state index contributed by atoms with van der Waals surface area (Å²) in [6, 6.07) is 1.73. The number of carboxylic acid groups (broad SMARTS) is 1. The van der Waals surface area contributed by atoms with E-state index in [0.717, 1.165) is 18.2 Å². The molecule has 1 aromatic carbocycles. The number of nitro benzene ring substituents is 1. The van der Waals surface area contributed by atoms with Crippen LogP contribution in [0.25, 0.3) is 0 Å². The van der Waals surface area contributed by atoms with Crippen molar-refractivity contribution in [3.63, 3.8) is 0 Å². The Kier molecular flexibility index (Phi) is 6.09. The molecule has 0 saturated heterocycles. The van der Waals surface area contributed by atoms with Crippen LogP contribution in [-0.4, -0.2) is 40.7 Å². The van der Waals surface area contributed by atoms with Crippen molar-refractivity contribution in [2.24, 2.45) is 0 Å². The minimum absolute atomic E-state index is 0.381. The average Bonchev–Trinajstić information content (AvgIpc) is 2.42. The van der Waals surface area contributed by atoms with Crippen LogP contribution in [0, 0.1) is 10.1 Å². The quantitative estimate of drug-likeness (QED) is 0.574. The number of alkyl halides is 3. The van der Waals surface area contributed by atoms with Gasteiger partial charge in [-0.05, 0) is 19.1 Å². The van der Waals surface area contributed by atoms with Crippen molar-refractivity contribution in [2.45, 2.75) is 25.6 Å². The number of nitrogens with zero attached hydrogens (tertiary/aromatic N) is 1. The SMILES string of the molecule is CC(CC(=O)O)NC(=O)c1cc(OCC(F)(F)F)ccc1[N+](=O)[O-]. The number of nitro groups is 1. The van der Waals surface area contributed by atoms with Crippen LogP contribution in [0.1, 0.15) is 23.7 Å². The van der Waals surface area contributed by atoms with Gasteiger partial charge >= 0.3 is 12.1 Å².